The zero-order valence-corrected chi connectivity index (χ0v) is 15.0. The van der Waals surface area contributed by atoms with Crippen LogP contribution >= 0.6 is 11.6 Å². The lowest BCUT2D eigenvalue weighted by Crippen LogP contribution is -2.71. The number of nitrogens with zero attached hydrogens (tertiary/aromatic N) is 5. The Kier molecular flexibility index (Phi) is 3.41. The smallest absolute Gasteiger partial charge is 0.232 e. The van der Waals surface area contributed by atoms with Crippen molar-refractivity contribution in [3.63, 3.8) is 0 Å². The summed E-state index contributed by atoms with van der Waals surface area (Å²) in [5, 5.41) is 0.214. The van der Waals surface area contributed by atoms with Gasteiger partial charge in [-0.05, 0) is 11.6 Å². The van der Waals surface area contributed by atoms with Crippen molar-refractivity contribution in [1.82, 2.24) is 15.0 Å². The van der Waals surface area contributed by atoms with E-state index >= 15 is 0 Å². The lowest BCUT2D eigenvalue weighted by molar-refractivity contribution is -0.0355. The van der Waals surface area contributed by atoms with E-state index in [-0.39, 0.29) is 34.9 Å². The molecule has 10 heteroatoms. The maximum atomic E-state index is 6.29. The topological polar surface area (TPSA) is 82.1 Å². The van der Waals surface area contributed by atoms with Gasteiger partial charge in [-0.15, -0.1) is 0 Å². The van der Waals surface area contributed by atoms with E-state index in [1.54, 1.807) is 0 Å². The summed E-state index contributed by atoms with van der Waals surface area (Å²) in [7, 11) is 0. The number of fused-ring (bicyclic) bond motifs is 2. The number of aromatic nitrogens is 3. The maximum absolute atomic E-state index is 6.29. The number of hydrogen-bond donors (Lipinski definition) is 0. The first-order valence-corrected chi connectivity index (χ1v) is 9.43. The van der Waals surface area contributed by atoms with Crippen LogP contribution in [-0.4, -0.2) is 92.0 Å². The van der Waals surface area contributed by atoms with Gasteiger partial charge in [-0.3, -0.25) is 0 Å². The number of halogens is 1. The van der Waals surface area contributed by atoms with Crippen molar-refractivity contribution in [2.75, 3.05) is 62.7 Å². The summed E-state index contributed by atoms with van der Waals surface area (Å²) in [6, 6.07) is 0.700. The normalized spacial score (nSPS) is 41.0. The Morgan fingerprint density at radius 1 is 0.731 bits per heavy atom. The largest absolute Gasteiger partial charge is 0.378 e. The summed E-state index contributed by atoms with van der Waals surface area (Å²) in [6.07, 6.45) is 0. The molecule has 1 aromatic rings. The molecule has 5 aliphatic heterocycles. The summed E-state index contributed by atoms with van der Waals surface area (Å²) < 4.78 is 22.9. The van der Waals surface area contributed by atoms with Crippen molar-refractivity contribution >= 4 is 23.5 Å². The van der Waals surface area contributed by atoms with E-state index in [1.165, 1.54) is 0 Å². The highest BCUT2D eigenvalue weighted by Gasteiger charge is 2.67. The van der Waals surface area contributed by atoms with Gasteiger partial charge in [0.2, 0.25) is 17.2 Å². The van der Waals surface area contributed by atoms with Crippen LogP contribution in [0.15, 0.2) is 0 Å². The maximum Gasteiger partial charge on any atom is 0.232 e. The van der Waals surface area contributed by atoms with Crippen LogP contribution in [0.1, 0.15) is 0 Å². The van der Waals surface area contributed by atoms with Crippen LogP contribution in [0.5, 0.6) is 0 Å². The van der Waals surface area contributed by atoms with Crippen LogP contribution in [0.3, 0.4) is 0 Å². The van der Waals surface area contributed by atoms with Crippen molar-refractivity contribution in [3.05, 3.63) is 5.28 Å². The molecule has 140 valence electrons. The van der Waals surface area contributed by atoms with E-state index in [2.05, 4.69) is 19.8 Å². The van der Waals surface area contributed by atoms with Crippen LogP contribution < -0.4 is 9.80 Å². The number of hydrogen-bond acceptors (Lipinski definition) is 9. The first-order valence-electron chi connectivity index (χ1n) is 9.05. The summed E-state index contributed by atoms with van der Waals surface area (Å²) in [4.78, 5) is 18.1. The van der Waals surface area contributed by atoms with Gasteiger partial charge in [0, 0.05) is 0 Å². The third-order valence-corrected chi connectivity index (χ3v) is 6.54. The van der Waals surface area contributed by atoms with Gasteiger partial charge < -0.3 is 28.7 Å². The minimum atomic E-state index is 0.0859. The van der Waals surface area contributed by atoms with E-state index in [4.69, 9.17) is 35.5 Å². The fourth-order valence-corrected chi connectivity index (χ4v) is 5.26. The second-order valence-electron chi connectivity index (χ2n) is 7.70. The molecular formula is C16H20ClN5O4. The second-order valence-corrected chi connectivity index (χ2v) is 8.03. The average Bonchev–Trinajstić information content (AvgIpc) is 3.16. The van der Waals surface area contributed by atoms with Crippen molar-refractivity contribution < 1.29 is 18.9 Å². The van der Waals surface area contributed by atoms with Crippen LogP contribution in [0.25, 0.3) is 0 Å². The van der Waals surface area contributed by atoms with E-state index in [1.807, 2.05) is 0 Å². The zero-order valence-electron chi connectivity index (χ0n) is 14.2. The molecule has 5 saturated heterocycles. The van der Waals surface area contributed by atoms with Gasteiger partial charge in [0.1, 0.15) is 0 Å². The SMILES string of the molecule is Clc1nc(N2C3COCC2COC3)nc(N2C3COCC34COCC24)n1. The Morgan fingerprint density at radius 2 is 1.27 bits per heavy atom. The fraction of sp³-hybridized carbons (Fsp3) is 0.812. The lowest BCUT2D eigenvalue weighted by Gasteiger charge is -2.55. The minimum Gasteiger partial charge on any atom is -0.378 e. The molecule has 26 heavy (non-hydrogen) atoms. The molecule has 1 aromatic heterocycles. The third-order valence-electron chi connectivity index (χ3n) is 6.37. The summed E-state index contributed by atoms with van der Waals surface area (Å²) in [5.74, 6) is 1.23. The molecule has 0 saturated carbocycles. The zero-order chi connectivity index (χ0) is 17.3. The standard InChI is InChI=1S/C16H20ClN5O4/c17-13-18-14(21-9-1-23-3-10(21)4-24-2-9)20-15(19-13)22-11-5-25-7-16(11)8-26-6-12(16)22/h9-12H,1-8H2. The van der Waals surface area contributed by atoms with Crippen molar-refractivity contribution in [2.45, 2.75) is 24.2 Å². The van der Waals surface area contributed by atoms with Crippen molar-refractivity contribution in [2.24, 2.45) is 5.41 Å². The number of rotatable bonds is 2. The molecule has 0 N–H and O–H groups in total. The van der Waals surface area contributed by atoms with E-state index in [0.717, 1.165) is 13.2 Å². The van der Waals surface area contributed by atoms with Gasteiger partial charge in [-0.2, -0.15) is 15.0 Å². The van der Waals surface area contributed by atoms with Gasteiger partial charge in [-0.1, -0.05) is 0 Å². The Balaban J connectivity index is 1.36. The molecule has 0 aliphatic carbocycles. The number of morpholine rings is 2. The Labute approximate surface area is 155 Å². The van der Waals surface area contributed by atoms with Gasteiger partial charge in [0.05, 0.1) is 82.4 Å². The van der Waals surface area contributed by atoms with Crippen LogP contribution in [0, 0.1) is 5.41 Å². The molecule has 2 atom stereocenters. The monoisotopic (exact) mass is 381 g/mol. The fourth-order valence-electron chi connectivity index (χ4n) is 5.11. The van der Waals surface area contributed by atoms with Crippen LogP contribution in [0.4, 0.5) is 11.9 Å². The highest BCUT2D eigenvalue weighted by atomic mass is 35.5. The summed E-state index contributed by atoms with van der Waals surface area (Å²) in [6.45, 7) is 5.27. The quantitative estimate of drug-likeness (QED) is 0.687. The van der Waals surface area contributed by atoms with Crippen LogP contribution in [-0.2, 0) is 18.9 Å². The molecule has 5 fully saturated rings. The summed E-state index contributed by atoms with van der Waals surface area (Å²) in [5.41, 5.74) is 0.0859. The molecule has 0 radical (unpaired) electrons. The Bertz CT molecular complexity index is 697. The van der Waals surface area contributed by atoms with E-state index in [9.17, 15) is 0 Å². The molecule has 6 rings (SSSR count). The molecular weight excluding hydrogens is 362 g/mol. The molecule has 1 spiro atoms. The van der Waals surface area contributed by atoms with Gasteiger partial charge in [0.15, 0.2) is 0 Å². The molecule has 9 nitrogen and oxygen atoms in total. The predicted octanol–water partition coefficient (Wildman–Crippen LogP) is -0.267. The molecule has 0 amide bonds. The summed E-state index contributed by atoms with van der Waals surface area (Å²) >= 11 is 6.29. The number of ether oxygens (including phenoxy) is 4. The second kappa shape index (κ2) is 5.62. The van der Waals surface area contributed by atoms with E-state index in [0.29, 0.717) is 51.5 Å². The highest BCUT2D eigenvalue weighted by Crippen LogP contribution is 2.53. The van der Waals surface area contributed by atoms with Crippen molar-refractivity contribution in [3.8, 4) is 0 Å². The first-order chi connectivity index (χ1) is 12.8. The molecule has 5 aliphatic rings. The number of anilines is 2. The third kappa shape index (κ3) is 2.03. The molecule has 2 unspecified atom stereocenters. The minimum absolute atomic E-state index is 0.0859. The lowest BCUT2D eigenvalue weighted by atomic mass is 9.69. The van der Waals surface area contributed by atoms with E-state index < -0.39 is 0 Å². The molecule has 2 bridgehead atoms. The molecule has 0 aromatic carbocycles. The molecule has 6 heterocycles. The Morgan fingerprint density at radius 3 is 1.85 bits per heavy atom. The van der Waals surface area contributed by atoms with Crippen LogP contribution in [0.2, 0.25) is 5.28 Å². The first kappa shape index (κ1) is 15.8. The average molecular weight is 382 g/mol. The van der Waals surface area contributed by atoms with Gasteiger partial charge in [-0.25, -0.2) is 0 Å². The predicted molar refractivity (Wildman–Crippen MR) is 90.7 cm³/mol. The van der Waals surface area contributed by atoms with Gasteiger partial charge >= 0.3 is 0 Å². The van der Waals surface area contributed by atoms with Crippen molar-refractivity contribution in [1.29, 1.82) is 0 Å². The van der Waals surface area contributed by atoms with Gasteiger partial charge in [0.25, 0.3) is 0 Å². The Hall–Kier alpha value is -1.26. The highest BCUT2D eigenvalue weighted by molar-refractivity contribution is 6.28.